The first-order valence-electron chi connectivity index (χ1n) is 6.86. The average Bonchev–Trinajstić information content (AvgIpc) is 2.43. The van der Waals surface area contributed by atoms with E-state index >= 15 is 0 Å². The van der Waals surface area contributed by atoms with E-state index in [1.165, 1.54) is 0 Å². The lowest BCUT2D eigenvalue weighted by Gasteiger charge is -2.02. The van der Waals surface area contributed by atoms with Gasteiger partial charge in [-0.05, 0) is 13.3 Å². The Morgan fingerprint density at radius 2 is 1.00 bits per heavy atom. The van der Waals surface area contributed by atoms with Gasteiger partial charge in [-0.25, -0.2) is 0 Å². The average molecular weight is 282 g/mol. The van der Waals surface area contributed by atoms with Crippen LogP contribution in [-0.2, 0) is 18.9 Å². The highest BCUT2D eigenvalue weighted by atomic mass is 16.5. The zero-order chi connectivity index (χ0) is 14.6. The van der Waals surface area contributed by atoms with Gasteiger partial charge in [-0.2, -0.15) is 0 Å². The topological polar surface area (TPSA) is 77.4 Å². The highest BCUT2D eigenvalue weighted by molar-refractivity contribution is 4.30. The first-order valence-corrected chi connectivity index (χ1v) is 6.86. The molecule has 2 N–H and O–H groups in total. The van der Waals surface area contributed by atoms with Crippen molar-refractivity contribution in [2.24, 2.45) is 0 Å². The molecule has 0 saturated carbocycles. The van der Waals surface area contributed by atoms with Crippen LogP contribution in [0.25, 0.3) is 0 Å². The third-order valence-electron chi connectivity index (χ3n) is 1.77. The Balaban J connectivity index is 0. The summed E-state index contributed by atoms with van der Waals surface area (Å²) in [5.74, 6) is 0. The maximum absolute atomic E-state index is 8.30. The summed E-state index contributed by atoms with van der Waals surface area (Å²) < 4.78 is 20.0. The Labute approximate surface area is 116 Å². The summed E-state index contributed by atoms with van der Waals surface area (Å²) in [5.41, 5.74) is 0. The van der Waals surface area contributed by atoms with E-state index < -0.39 is 0 Å². The number of aliphatic hydroxyl groups excluding tert-OH is 2. The van der Waals surface area contributed by atoms with Crippen LogP contribution in [-0.4, -0.2) is 76.3 Å². The van der Waals surface area contributed by atoms with E-state index in [0.29, 0.717) is 39.6 Å². The van der Waals surface area contributed by atoms with Gasteiger partial charge in [0.2, 0.25) is 0 Å². The molecule has 0 aromatic heterocycles. The summed E-state index contributed by atoms with van der Waals surface area (Å²) >= 11 is 0. The quantitative estimate of drug-likeness (QED) is 0.478. The highest BCUT2D eigenvalue weighted by Gasteiger charge is 1.86. The molecule has 6 heteroatoms. The van der Waals surface area contributed by atoms with E-state index in [4.69, 9.17) is 29.2 Å². The van der Waals surface area contributed by atoms with E-state index in [1.54, 1.807) is 0 Å². The molecular formula is C13H30O6. The predicted octanol–water partition coefficient (Wildman–Crippen LogP) is 0.454. The Hall–Kier alpha value is -0.240. The second-order valence-corrected chi connectivity index (χ2v) is 3.48. The summed E-state index contributed by atoms with van der Waals surface area (Å²) in [6.07, 6.45) is 1.04. The molecule has 118 valence electrons. The van der Waals surface area contributed by atoms with Crippen molar-refractivity contribution in [3.05, 3.63) is 0 Å². The number of ether oxygens (including phenoxy) is 4. The van der Waals surface area contributed by atoms with Gasteiger partial charge in [0.1, 0.15) is 0 Å². The lowest BCUT2D eigenvalue weighted by Crippen LogP contribution is -2.07. The lowest BCUT2D eigenvalue weighted by molar-refractivity contribution is 0.0333. The van der Waals surface area contributed by atoms with Crippen LogP contribution in [0.2, 0.25) is 0 Å². The molecule has 0 aliphatic carbocycles. The molecular weight excluding hydrogens is 252 g/mol. The van der Waals surface area contributed by atoms with E-state index in [9.17, 15) is 0 Å². The van der Waals surface area contributed by atoms with Gasteiger partial charge in [0.25, 0.3) is 0 Å². The van der Waals surface area contributed by atoms with Crippen molar-refractivity contribution in [1.29, 1.82) is 0 Å². The maximum Gasteiger partial charge on any atom is 0.0701 e. The molecule has 0 aliphatic rings. The molecule has 0 spiro atoms. The molecule has 19 heavy (non-hydrogen) atoms. The van der Waals surface area contributed by atoms with Crippen molar-refractivity contribution in [2.45, 2.75) is 20.3 Å². The molecule has 0 fully saturated rings. The number of rotatable bonds is 13. The van der Waals surface area contributed by atoms with Crippen LogP contribution in [0.4, 0.5) is 0 Å². The van der Waals surface area contributed by atoms with Gasteiger partial charge in [-0.1, -0.05) is 6.92 Å². The van der Waals surface area contributed by atoms with Crippen molar-refractivity contribution < 1.29 is 29.2 Å². The van der Waals surface area contributed by atoms with Crippen LogP contribution in [0.1, 0.15) is 20.3 Å². The summed E-state index contributed by atoms with van der Waals surface area (Å²) in [6, 6.07) is 0. The summed E-state index contributed by atoms with van der Waals surface area (Å²) in [4.78, 5) is 0. The molecule has 0 radical (unpaired) electrons. The zero-order valence-electron chi connectivity index (χ0n) is 12.3. The molecule has 0 aromatic carbocycles. The van der Waals surface area contributed by atoms with Crippen LogP contribution in [0.15, 0.2) is 0 Å². The lowest BCUT2D eigenvalue weighted by atomic mass is 10.5. The second-order valence-electron chi connectivity index (χ2n) is 3.48. The molecule has 0 unspecified atom stereocenters. The fourth-order valence-electron chi connectivity index (χ4n) is 0.960. The molecule has 0 aliphatic heterocycles. The van der Waals surface area contributed by atoms with Crippen LogP contribution in [0.3, 0.4) is 0 Å². The molecule has 6 nitrogen and oxygen atoms in total. The molecule has 0 bridgehead atoms. The highest BCUT2D eigenvalue weighted by Crippen LogP contribution is 1.80. The van der Waals surface area contributed by atoms with Crippen LogP contribution in [0, 0.1) is 0 Å². The van der Waals surface area contributed by atoms with Crippen molar-refractivity contribution >= 4 is 0 Å². The largest absolute Gasteiger partial charge is 0.394 e. The van der Waals surface area contributed by atoms with Gasteiger partial charge < -0.3 is 29.2 Å². The monoisotopic (exact) mass is 282 g/mol. The van der Waals surface area contributed by atoms with Crippen LogP contribution >= 0.6 is 0 Å². The first-order chi connectivity index (χ1) is 9.33. The van der Waals surface area contributed by atoms with Crippen molar-refractivity contribution in [2.75, 3.05) is 66.1 Å². The van der Waals surface area contributed by atoms with E-state index in [2.05, 4.69) is 6.92 Å². The molecule has 0 aromatic rings. The van der Waals surface area contributed by atoms with E-state index in [0.717, 1.165) is 19.6 Å². The van der Waals surface area contributed by atoms with Gasteiger partial charge >= 0.3 is 0 Å². The smallest absolute Gasteiger partial charge is 0.0701 e. The van der Waals surface area contributed by atoms with Gasteiger partial charge in [-0.15, -0.1) is 0 Å². The minimum absolute atomic E-state index is 0.0894. The van der Waals surface area contributed by atoms with Gasteiger partial charge in [0.05, 0.1) is 52.9 Å². The Morgan fingerprint density at radius 3 is 1.37 bits per heavy atom. The maximum atomic E-state index is 8.30. The number of hydrogen-bond acceptors (Lipinski definition) is 6. The van der Waals surface area contributed by atoms with E-state index in [1.807, 2.05) is 6.92 Å². The molecule has 0 rings (SSSR count). The van der Waals surface area contributed by atoms with Crippen molar-refractivity contribution in [3.63, 3.8) is 0 Å². The second kappa shape index (κ2) is 22.9. The van der Waals surface area contributed by atoms with Crippen LogP contribution in [0.5, 0.6) is 0 Å². The van der Waals surface area contributed by atoms with E-state index in [-0.39, 0.29) is 13.2 Å². The third-order valence-corrected chi connectivity index (χ3v) is 1.77. The van der Waals surface area contributed by atoms with Crippen LogP contribution < -0.4 is 0 Å². The molecule has 0 amide bonds. The summed E-state index contributed by atoms with van der Waals surface area (Å²) in [5, 5.41) is 16.6. The predicted molar refractivity (Wildman–Crippen MR) is 73.4 cm³/mol. The molecule has 0 saturated heterocycles. The Morgan fingerprint density at radius 1 is 0.579 bits per heavy atom. The molecule has 0 heterocycles. The first kappa shape index (κ1) is 21.1. The van der Waals surface area contributed by atoms with Gasteiger partial charge in [0, 0.05) is 13.2 Å². The fourth-order valence-corrected chi connectivity index (χ4v) is 0.960. The number of hydrogen-bond donors (Lipinski definition) is 2. The van der Waals surface area contributed by atoms with Gasteiger partial charge in [0.15, 0.2) is 0 Å². The standard InChI is InChI=1S/C7H16O3.C6H14O3/c1-2-4-9-6-7-10-5-3-8;1-2-8-5-6-9-4-3-7/h8H,2-7H2,1H3;7H,2-6H2,1H3. The minimum Gasteiger partial charge on any atom is -0.394 e. The SMILES string of the molecule is CCCOCCOCCO.CCOCCOCCO. The molecule has 0 atom stereocenters. The van der Waals surface area contributed by atoms with Crippen molar-refractivity contribution in [3.8, 4) is 0 Å². The van der Waals surface area contributed by atoms with Gasteiger partial charge in [-0.3, -0.25) is 0 Å². The summed E-state index contributed by atoms with van der Waals surface area (Å²) in [6.45, 7) is 8.94. The minimum atomic E-state index is 0.0894. The number of aliphatic hydroxyl groups is 2. The normalized spacial score (nSPS) is 10.1. The van der Waals surface area contributed by atoms with Crippen molar-refractivity contribution in [1.82, 2.24) is 0 Å². The zero-order valence-corrected chi connectivity index (χ0v) is 12.3. The third kappa shape index (κ3) is 27.1. The summed E-state index contributed by atoms with van der Waals surface area (Å²) in [7, 11) is 0. The fraction of sp³-hybridized carbons (Fsp3) is 1.00. The Bertz CT molecular complexity index is 120. The Kier molecular flexibility index (Phi) is 25.4.